The Bertz CT molecular complexity index is 1030. The molecule has 0 aliphatic heterocycles. The van der Waals surface area contributed by atoms with Gasteiger partial charge in [-0.2, -0.15) is 0 Å². The van der Waals surface area contributed by atoms with Gasteiger partial charge in [0.25, 0.3) is 0 Å². The highest BCUT2D eigenvalue weighted by Gasteiger charge is 2.22. The molecule has 1 heterocycles. The van der Waals surface area contributed by atoms with Crippen LogP contribution in [0, 0.1) is 5.82 Å². The molecule has 0 spiro atoms. The molecule has 1 aromatic heterocycles. The molecule has 0 atom stereocenters. The summed E-state index contributed by atoms with van der Waals surface area (Å²) in [6.07, 6.45) is 2.51. The Labute approximate surface area is 163 Å². The van der Waals surface area contributed by atoms with Crippen LogP contribution in [-0.4, -0.2) is 17.4 Å². The molecule has 3 aromatic carbocycles. The molecule has 2 N–H and O–H groups in total. The second-order valence-corrected chi connectivity index (χ2v) is 6.80. The average molecular weight is 372 g/mol. The summed E-state index contributed by atoms with van der Waals surface area (Å²) >= 11 is 0. The molecule has 1 amide bonds. The van der Waals surface area contributed by atoms with Crippen molar-refractivity contribution in [2.24, 2.45) is 0 Å². The average Bonchev–Trinajstić information content (AvgIpc) is 3.12. The first kappa shape index (κ1) is 18.0. The number of nitrogens with one attached hydrogen (secondary N) is 2. The van der Waals surface area contributed by atoms with Gasteiger partial charge in [-0.1, -0.05) is 60.7 Å². The maximum atomic E-state index is 13.5. The Morgan fingerprint density at radius 1 is 0.929 bits per heavy atom. The minimum Gasteiger partial charge on any atom is -0.361 e. The second kappa shape index (κ2) is 8.09. The van der Waals surface area contributed by atoms with E-state index in [4.69, 9.17) is 0 Å². The van der Waals surface area contributed by atoms with Gasteiger partial charge < -0.3 is 10.3 Å². The Morgan fingerprint density at radius 2 is 1.57 bits per heavy atom. The molecule has 140 valence electrons. The number of benzene rings is 3. The van der Waals surface area contributed by atoms with Crippen molar-refractivity contribution in [3.63, 3.8) is 0 Å². The lowest BCUT2D eigenvalue weighted by molar-refractivity contribution is -0.121. The lowest BCUT2D eigenvalue weighted by Gasteiger charge is -2.18. The molecular formula is C24H21FN2O. The largest absolute Gasteiger partial charge is 0.361 e. The van der Waals surface area contributed by atoms with Gasteiger partial charge in [0, 0.05) is 23.6 Å². The first-order valence-corrected chi connectivity index (χ1v) is 9.35. The second-order valence-electron chi connectivity index (χ2n) is 6.80. The van der Waals surface area contributed by atoms with Crippen molar-refractivity contribution in [3.05, 3.63) is 108 Å². The summed E-state index contributed by atoms with van der Waals surface area (Å²) in [5.41, 5.74) is 3.81. The van der Waals surface area contributed by atoms with Crippen molar-refractivity contribution in [1.82, 2.24) is 10.3 Å². The summed E-state index contributed by atoms with van der Waals surface area (Å²) in [5, 5.41) is 3.91. The van der Waals surface area contributed by atoms with Crippen LogP contribution in [0.2, 0.25) is 0 Å². The molecular weight excluding hydrogens is 351 g/mol. The molecule has 0 saturated heterocycles. The molecule has 0 fully saturated rings. The van der Waals surface area contributed by atoms with E-state index in [-0.39, 0.29) is 17.6 Å². The number of hydrogen-bond donors (Lipinski definition) is 2. The van der Waals surface area contributed by atoms with E-state index in [0.29, 0.717) is 13.0 Å². The lowest BCUT2D eigenvalue weighted by Crippen LogP contribution is -2.31. The van der Waals surface area contributed by atoms with Crippen LogP contribution in [0.4, 0.5) is 4.39 Å². The van der Waals surface area contributed by atoms with Crippen molar-refractivity contribution < 1.29 is 9.18 Å². The molecule has 28 heavy (non-hydrogen) atoms. The maximum absolute atomic E-state index is 13.5. The van der Waals surface area contributed by atoms with Crippen molar-refractivity contribution in [1.29, 1.82) is 0 Å². The van der Waals surface area contributed by atoms with Crippen LogP contribution in [0.15, 0.2) is 85.1 Å². The van der Waals surface area contributed by atoms with Gasteiger partial charge in [-0.15, -0.1) is 0 Å². The number of aromatic amines is 1. The third-order valence-electron chi connectivity index (χ3n) is 4.95. The van der Waals surface area contributed by atoms with Gasteiger partial charge in [0.15, 0.2) is 0 Å². The zero-order valence-corrected chi connectivity index (χ0v) is 15.4. The van der Waals surface area contributed by atoms with Crippen molar-refractivity contribution in [2.45, 2.75) is 12.3 Å². The number of carbonyl (C=O) groups is 1. The van der Waals surface area contributed by atoms with E-state index in [1.54, 1.807) is 6.07 Å². The number of rotatable bonds is 6. The molecule has 3 nitrogen and oxygen atoms in total. The van der Waals surface area contributed by atoms with E-state index in [9.17, 15) is 9.18 Å². The highest BCUT2D eigenvalue weighted by molar-refractivity contribution is 5.87. The predicted molar refractivity (Wildman–Crippen MR) is 110 cm³/mol. The normalized spacial score (nSPS) is 11.1. The van der Waals surface area contributed by atoms with Crippen LogP contribution in [-0.2, 0) is 11.2 Å². The number of fused-ring (bicyclic) bond motifs is 1. The fourth-order valence-corrected chi connectivity index (χ4v) is 3.57. The van der Waals surface area contributed by atoms with Gasteiger partial charge in [-0.05, 0) is 41.3 Å². The third-order valence-corrected chi connectivity index (χ3v) is 4.95. The summed E-state index contributed by atoms with van der Waals surface area (Å²) in [7, 11) is 0. The highest BCUT2D eigenvalue weighted by Crippen LogP contribution is 2.25. The van der Waals surface area contributed by atoms with Gasteiger partial charge in [-0.3, -0.25) is 4.79 Å². The number of H-pyrrole nitrogens is 1. The summed E-state index contributed by atoms with van der Waals surface area (Å²) in [6.45, 7) is 0.485. The standard InChI is InChI=1S/C24H21FN2O/c25-20-11-12-22-21(15-20)19(16-27-22)13-14-26-24(28)23(17-7-3-1-4-8-17)18-9-5-2-6-10-18/h1-12,15-16,23,27H,13-14H2,(H,26,28). The summed E-state index contributed by atoms with van der Waals surface area (Å²) in [6, 6.07) is 24.2. The molecule has 0 unspecified atom stereocenters. The predicted octanol–water partition coefficient (Wildman–Crippen LogP) is 4.80. The van der Waals surface area contributed by atoms with Crippen LogP contribution in [0.3, 0.4) is 0 Å². The molecule has 0 aliphatic rings. The summed E-state index contributed by atoms with van der Waals surface area (Å²) in [5.74, 6) is -0.656. The van der Waals surface area contributed by atoms with Crippen LogP contribution < -0.4 is 5.32 Å². The number of halogens is 1. The van der Waals surface area contributed by atoms with Crippen molar-refractivity contribution in [3.8, 4) is 0 Å². The molecule has 4 rings (SSSR count). The molecule has 4 aromatic rings. The lowest BCUT2D eigenvalue weighted by atomic mass is 9.90. The fraction of sp³-hybridized carbons (Fsp3) is 0.125. The summed E-state index contributed by atoms with van der Waals surface area (Å²) in [4.78, 5) is 16.2. The quantitative estimate of drug-likeness (QED) is 0.502. The van der Waals surface area contributed by atoms with Crippen LogP contribution in [0.25, 0.3) is 10.9 Å². The van der Waals surface area contributed by atoms with Gasteiger partial charge in [-0.25, -0.2) is 4.39 Å². The van der Waals surface area contributed by atoms with E-state index in [1.165, 1.54) is 12.1 Å². The van der Waals surface area contributed by atoms with Gasteiger partial charge in [0.2, 0.25) is 5.91 Å². The minimum absolute atomic E-state index is 0.0385. The Balaban J connectivity index is 1.49. The number of amides is 1. The third kappa shape index (κ3) is 3.81. The van der Waals surface area contributed by atoms with Crippen LogP contribution in [0.5, 0.6) is 0 Å². The zero-order valence-electron chi connectivity index (χ0n) is 15.4. The van der Waals surface area contributed by atoms with E-state index in [0.717, 1.165) is 27.6 Å². The molecule has 0 aliphatic carbocycles. The number of carbonyl (C=O) groups excluding carboxylic acids is 1. The van der Waals surface area contributed by atoms with Crippen molar-refractivity contribution in [2.75, 3.05) is 6.54 Å². The Morgan fingerprint density at radius 3 is 2.21 bits per heavy atom. The van der Waals surface area contributed by atoms with Crippen LogP contribution in [0.1, 0.15) is 22.6 Å². The highest BCUT2D eigenvalue weighted by atomic mass is 19.1. The summed E-state index contributed by atoms with van der Waals surface area (Å²) < 4.78 is 13.5. The van der Waals surface area contributed by atoms with E-state index in [1.807, 2.05) is 66.9 Å². The first-order chi connectivity index (χ1) is 13.7. The fourth-order valence-electron chi connectivity index (χ4n) is 3.57. The smallest absolute Gasteiger partial charge is 0.232 e. The Hall–Kier alpha value is -3.40. The first-order valence-electron chi connectivity index (χ1n) is 9.35. The topological polar surface area (TPSA) is 44.9 Å². The van der Waals surface area contributed by atoms with Gasteiger partial charge in [0.1, 0.15) is 5.82 Å². The molecule has 0 saturated carbocycles. The zero-order chi connectivity index (χ0) is 19.3. The number of hydrogen-bond acceptors (Lipinski definition) is 1. The molecule has 4 heteroatoms. The van der Waals surface area contributed by atoms with Gasteiger partial charge >= 0.3 is 0 Å². The SMILES string of the molecule is O=C(NCCc1c[nH]c2ccc(F)cc12)C(c1ccccc1)c1ccccc1. The van der Waals surface area contributed by atoms with E-state index >= 15 is 0 Å². The Kier molecular flexibility index (Phi) is 5.20. The monoisotopic (exact) mass is 372 g/mol. The van der Waals surface area contributed by atoms with E-state index in [2.05, 4.69) is 10.3 Å². The number of aromatic nitrogens is 1. The van der Waals surface area contributed by atoms with Gasteiger partial charge in [0.05, 0.1) is 5.92 Å². The van der Waals surface area contributed by atoms with Crippen molar-refractivity contribution >= 4 is 16.8 Å². The minimum atomic E-state index is -0.359. The molecule has 0 radical (unpaired) electrons. The van der Waals surface area contributed by atoms with Crippen LogP contribution >= 0.6 is 0 Å². The molecule has 0 bridgehead atoms. The maximum Gasteiger partial charge on any atom is 0.232 e. The van der Waals surface area contributed by atoms with E-state index < -0.39 is 0 Å².